The minimum absolute atomic E-state index is 0.140. The lowest BCUT2D eigenvalue weighted by atomic mass is 10.3. The smallest absolute Gasteiger partial charge is 0.107 e. The van der Waals surface area contributed by atoms with E-state index in [-0.39, 0.29) is 6.61 Å². The lowest BCUT2D eigenvalue weighted by Gasteiger charge is -1.98. The predicted octanol–water partition coefficient (Wildman–Crippen LogP) is 2.02. The van der Waals surface area contributed by atoms with Crippen LogP contribution < -0.4 is 0 Å². The first-order valence-electron chi connectivity index (χ1n) is 4.21. The molecule has 0 aliphatic heterocycles. The number of rotatable bonds is 2. The fraction of sp³-hybridized carbons (Fsp3) is 0.100. The van der Waals surface area contributed by atoms with Crippen LogP contribution in [-0.2, 0) is 6.61 Å². The van der Waals surface area contributed by atoms with E-state index >= 15 is 0 Å². The molecule has 0 radical (unpaired) electrons. The summed E-state index contributed by atoms with van der Waals surface area (Å²) in [5.74, 6) is 0. The highest BCUT2D eigenvalue weighted by molar-refractivity contribution is 6.31. The summed E-state index contributed by atoms with van der Waals surface area (Å²) >= 11 is 5.85. The molecular formula is C10H9ClN2O. The number of para-hydroxylation sites is 1. The van der Waals surface area contributed by atoms with E-state index in [1.165, 1.54) is 0 Å². The van der Waals surface area contributed by atoms with Gasteiger partial charge >= 0.3 is 0 Å². The van der Waals surface area contributed by atoms with Crippen molar-refractivity contribution in [2.45, 2.75) is 6.61 Å². The molecule has 2 aromatic rings. The molecule has 72 valence electrons. The van der Waals surface area contributed by atoms with Crippen LogP contribution in [0.15, 0.2) is 36.5 Å². The molecule has 0 spiro atoms. The molecule has 0 saturated heterocycles. The fourth-order valence-electron chi connectivity index (χ4n) is 1.21. The van der Waals surface area contributed by atoms with E-state index < -0.39 is 0 Å². The summed E-state index contributed by atoms with van der Waals surface area (Å²) in [6.07, 6.45) is 1.68. The molecule has 3 nitrogen and oxygen atoms in total. The average molecular weight is 209 g/mol. The van der Waals surface area contributed by atoms with Crippen molar-refractivity contribution >= 4 is 11.6 Å². The molecule has 1 heterocycles. The lowest BCUT2D eigenvalue weighted by molar-refractivity contribution is 0.276. The quantitative estimate of drug-likeness (QED) is 0.820. The normalized spacial score (nSPS) is 10.4. The zero-order valence-corrected chi connectivity index (χ0v) is 8.15. The first-order chi connectivity index (χ1) is 6.81. The van der Waals surface area contributed by atoms with Gasteiger partial charge in [0.25, 0.3) is 0 Å². The number of halogens is 1. The molecule has 1 aromatic carbocycles. The molecular weight excluding hydrogens is 200 g/mol. The average Bonchev–Trinajstić information content (AvgIpc) is 2.61. The highest BCUT2D eigenvalue weighted by Gasteiger charge is 2.05. The summed E-state index contributed by atoms with van der Waals surface area (Å²) < 4.78 is 1.65. The van der Waals surface area contributed by atoms with Gasteiger partial charge in [0.05, 0.1) is 17.3 Å². The SMILES string of the molecule is OCc1nn(-c2ccccc2)cc1Cl. The van der Waals surface area contributed by atoms with Gasteiger partial charge in [0.15, 0.2) is 0 Å². The van der Waals surface area contributed by atoms with E-state index in [0.29, 0.717) is 10.7 Å². The van der Waals surface area contributed by atoms with Crippen LogP contribution >= 0.6 is 11.6 Å². The van der Waals surface area contributed by atoms with Crippen LogP contribution in [0.25, 0.3) is 5.69 Å². The summed E-state index contributed by atoms with van der Waals surface area (Å²) in [6, 6.07) is 9.61. The van der Waals surface area contributed by atoms with E-state index in [4.69, 9.17) is 16.7 Å². The molecule has 2 rings (SSSR count). The van der Waals surface area contributed by atoms with Crippen molar-refractivity contribution in [1.82, 2.24) is 9.78 Å². The maximum Gasteiger partial charge on any atom is 0.107 e. The van der Waals surface area contributed by atoms with Crippen molar-refractivity contribution in [3.8, 4) is 5.69 Å². The number of nitrogens with zero attached hydrogens (tertiary/aromatic N) is 2. The Hall–Kier alpha value is -1.32. The second kappa shape index (κ2) is 3.82. The number of aliphatic hydroxyl groups is 1. The number of aromatic nitrogens is 2. The Balaban J connectivity index is 2.43. The zero-order chi connectivity index (χ0) is 9.97. The van der Waals surface area contributed by atoms with Crippen LogP contribution in [0, 0.1) is 0 Å². The summed E-state index contributed by atoms with van der Waals surface area (Å²) in [4.78, 5) is 0. The molecule has 4 heteroatoms. The van der Waals surface area contributed by atoms with E-state index in [2.05, 4.69) is 5.10 Å². The number of aliphatic hydroxyl groups excluding tert-OH is 1. The van der Waals surface area contributed by atoms with Crippen molar-refractivity contribution in [3.63, 3.8) is 0 Å². The van der Waals surface area contributed by atoms with Crippen molar-refractivity contribution in [1.29, 1.82) is 0 Å². The van der Waals surface area contributed by atoms with Crippen molar-refractivity contribution in [3.05, 3.63) is 47.2 Å². The van der Waals surface area contributed by atoms with Crippen LogP contribution in [0.5, 0.6) is 0 Å². The first-order valence-corrected chi connectivity index (χ1v) is 4.59. The number of hydrogen-bond donors (Lipinski definition) is 1. The minimum Gasteiger partial charge on any atom is -0.390 e. The van der Waals surface area contributed by atoms with Crippen LogP contribution in [0.2, 0.25) is 5.02 Å². The van der Waals surface area contributed by atoms with Gasteiger partial charge in [-0.05, 0) is 12.1 Å². The van der Waals surface area contributed by atoms with Gasteiger partial charge in [0, 0.05) is 6.20 Å². The minimum atomic E-state index is -0.140. The second-order valence-corrected chi connectivity index (χ2v) is 3.27. The van der Waals surface area contributed by atoms with E-state index in [0.717, 1.165) is 5.69 Å². The van der Waals surface area contributed by atoms with Gasteiger partial charge in [0.2, 0.25) is 0 Å². The fourth-order valence-corrected chi connectivity index (χ4v) is 1.40. The van der Waals surface area contributed by atoms with E-state index in [1.807, 2.05) is 30.3 Å². The third kappa shape index (κ3) is 1.64. The molecule has 0 atom stereocenters. The highest BCUT2D eigenvalue weighted by Crippen LogP contribution is 2.16. The number of benzene rings is 1. The summed E-state index contributed by atoms with van der Waals surface area (Å²) in [6.45, 7) is -0.140. The Morgan fingerprint density at radius 2 is 2.00 bits per heavy atom. The van der Waals surface area contributed by atoms with Gasteiger partial charge in [-0.3, -0.25) is 0 Å². The molecule has 0 unspecified atom stereocenters. The molecule has 1 aromatic heterocycles. The molecule has 0 aliphatic rings. The zero-order valence-electron chi connectivity index (χ0n) is 7.39. The van der Waals surface area contributed by atoms with Crippen molar-refractivity contribution < 1.29 is 5.11 Å². The third-order valence-corrected chi connectivity index (χ3v) is 2.23. The van der Waals surface area contributed by atoms with Gasteiger partial charge in [-0.2, -0.15) is 5.10 Å². The van der Waals surface area contributed by atoms with E-state index in [1.54, 1.807) is 10.9 Å². The van der Waals surface area contributed by atoms with Crippen LogP contribution in [0.1, 0.15) is 5.69 Å². The van der Waals surface area contributed by atoms with Gasteiger partial charge < -0.3 is 5.11 Å². The second-order valence-electron chi connectivity index (χ2n) is 2.86. The molecule has 0 fully saturated rings. The van der Waals surface area contributed by atoms with Crippen LogP contribution in [-0.4, -0.2) is 14.9 Å². The molecule has 0 amide bonds. The molecule has 14 heavy (non-hydrogen) atoms. The van der Waals surface area contributed by atoms with Gasteiger partial charge in [-0.25, -0.2) is 4.68 Å². The number of hydrogen-bond acceptors (Lipinski definition) is 2. The molecule has 1 N–H and O–H groups in total. The Labute approximate surface area is 86.6 Å². The maximum atomic E-state index is 8.92. The van der Waals surface area contributed by atoms with Gasteiger partial charge in [-0.15, -0.1) is 0 Å². The Morgan fingerprint density at radius 1 is 1.29 bits per heavy atom. The summed E-state index contributed by atoms with van der Waals surface area (Å²) in [5, 5.41) is 13.5. The lowest BCUT2D eigenvalue weighted by Crippen LogP contribution is -1.95. The van der Waals surface area contributed by atoms with Crippen LogP contribution in [0.4, 0.5) is 0 Å². The van der Waals surface area contributed by atoms with Gasteiger partial charge in [-0.1, -0.05) is 29.8 Å². The monoisotopic (exact) mass is 208 g/mol. The van der Waals surface area contributed by atoms with Crippen molar-refractivity contribution in [2.75, 3.05) is 0 Å². The summed E-state index contributed by atoms with van der Waals surface area (Å²) in [5.41, 5.74) is 1.42. The molecule has 0 bridgehead atoms. The van der Waals surface area contributed by atoms with Gasteiger partial charge in [0.1, 0.15) is 5.69 Å². The maximum absolute atomic E-state index is 8.92. The molecule has 0 aliphatic carbocycles. The highest BCUT2D eigenvalue weighted by atomic mass is 35.5. The predicted molar refractivity (Wildman–Crippen MR) is 54.5 cm³/mol. The van der Waals surface area contributed by atoms with E-state index in [9.17, 15) is 0 Å². The largest absolute Gasteiger partial charge is 0.390 e. The topological polar surface area (TPSA) is 38.1 Å². The van der Waals surface area contributed by atoms with Crippen LogP contribution in [0.3, 0.4) is 0 Å². The molecule has 0 saturated carbocycles. The van der Waals surface area contributed by atoms with Crippen molar-refractivity contribution in [2.24, 2.45) is 0 Å². The first kappa shape index (κ1) is 9.24. The standard InChI is InChI=1S/C10H9ClN2O/c11-9-6-13(12-10(9)7-14)8-4-2-1-3-5-8/h1-6,14H,7H2. The summed E-state index contributed by atoms with van der Waals surface area (Å²) in [7, 11) is 0. The Morgan fingerprint density at radius 3 is 2.57 bits per heavy atom. The Bertz CT molecular complexity index is 425. The Kier molecular flexibility index (Phi) is 2.52. The third-order valence-electron chi connectivity index (χ3n) is 1.91.